The number of benzene rings is 1. The second-order valence-corrected chi connectivity index (χ2v) is 4.36. The standard InChI is InChI=1S/C14H12ClN3/c1-18(10-11-6-7-17-14(15)8-11)13-5-3-2-4-12(13)9-16/h2-8H,10H2,1H3. The van der Waals surface area contributed by atoms with Gasteiger partial charge in [-0.05, 0) is 29.8 Å². The quantitative estimate of drug-likeness (QED) is 0.793. The highest BCUT2D eigenvalue weighted by molar-refractivity contribution is 6.29. The molecule has 0 unspecified atom stereocenters. The number of nitrogens with zero attached hydrogens (tertiary/aromatic N) is 3. The molecular formula is C14H12ClN3. The summed E-state index contributed by atoms with van der Waals surface area (Å²) in [5.74, 6) is 0. The monoisotopic (exact) mass is 257 g/mol. The highest BCUT2D eigenvalue weighted by Crippen LogP contribution is 2.20. The fraction of sp³-hybridized carbons (Fsp3) is 0.143. The molecule has 3 nitrogen and oxygen atoms in total. The number of hydrogen-bond donors (Lipinski definition) is 0. The molecule has 0 N–H and O–H groups in total. The molecule has 1 aromatic heterocycles. The van der Waals surface area contributed by atoms with Gasteiger partial charge in [-0.1, -0.05) is 23.7 Å². The molecule has 0 saturated heterocycles. The minimum absolute atomic E-state index is 0.481. The van der Waals surface area contributed by atoms with E-state index in [4.69, 9.17) is 16.9 Å². The lowest BCUT2D eigenvalue weighted by molar-refractivity contribution is 0.917. The van der Waals surface area contributed by atoms with E-state index >= 15 is 0 Å². The van der Waals surface area contributed by atoms with Gasteiger partial charge in [-0.2, -0.15) is 5.26 Å². The maximum absolute atomic E-state index is 9.07. The van der Waals surface area contributed by atoms with Gasteiger partial charge in [-0.25, -0.2) is 4.98 Å². The third-order valence-corrected chi connectivity index (χ3v) is 2.85. The van der Waals surface area contributed by atoms with Gasteiger partial charge < -0.3 is 4.90 Å². The molecule has 0 spiro atoms. The van der Waals surface area contributed by atoms with Crippen LogP contribution < -0.4 is 4.90 Å². The van der Waals surface area contributed by atoms with Crippen LogP contribution in [0.3, 0.4) is 0 Å². The average molecular weight is 258 g/mol. The lowest BCUT2D eigenvalue weighted by Gasteiger charge is -2.20. The van der Waals surface area contributed by atoms with Crippen molar-refractivity contribution in [3.63, 3.8) is 0 Å². The molecule has 0 aliphatic heterocycles. The van der Waals surface area contributed by atoms with Gasteiger partial charge in [0.2, 0.25) is 0 Å². The largest absolute Gasteiger partial charge is 0.369 e. The summed E-state index contributed by atoms with van der Waals surface area (Å²) in [6, 6.07) is 13.5. The number of rotatable bonds is 3. The Labute approximate surface area is 111 Å². The van der Waals surface area contributed by atoms with E-state index in [-0.39, 0.29) is 0 Å². The summed E-state index contributed by atoms with van der Waals surface area (Å²) < 4.78 is 0. The van der Waals surface area contributed by atoms with Crippen molar-refractivity contribution < 1.29 is 0 Å². The molecule has 0 bridgehead atoms. The van der Waals surface area contributed by atoms with Crippen LogP contribution in [0.1, 0.15) is 11.1 Å². The van der Waals surface area contributed by atoms with E-state index in [2.05, 4.69) is 11.1 Å². The molecular weight excluding hydrogens is 246 g/mol. The zero-order chi connectivity index (χ0) is 13.0. The first-order chi connectivity index (χ1) is 8.70. The number of aromatic nitrogens is 1. The van der Waals surface area contributed by atoms with Gasteiger partial charge in [0.15, 0.2) is 0 Å². The van der Waals surface area contributed by atoms with Crippen LogP contribution in [0.15, 0.2) is 42.6 Å². The van der Waals surface area contributed by atoms with Gasteiger partial charge in [-0.3, -0.25) is 0 Å². The van der Waals surface area contributed by atoms with Gasteiger partial charge in [0.1, 0.15) is 11.2 Å². The molecule has 0 aliphatic carbocycles. The smallest absolute Gasteiger partial charge is 0.129 e. The minimum atomic E-state index is 0.481. The molecule has 0 aliphatic rings. The van der Waals surface area contributed by atoms with Crippen molar-refractivity contribution in [1.82, 2.24) is 4.98 Å². The van der Waals surface area contributed by atoms with E-state index in [1.807, 2.05) is 48.3 Å². The summed E-state index contributed by atoms with van der Waals surface area (Å²) >= 11 is 5.85. The van der Waals surface area contributed by atoms with Crippen LogP contribution in [0, 0.1) is 11.3 Å². The summed E-state index contributed by atoms with van der Waals surface area (Å²) in [5.41, 5.74) is 2.64. The first-order valence-electron chi connectivity index (χ1n) is 5.51. The number of pyridine rings is 1. The average Bonchev–Trinajstić information content (AvgIpc) is 2.38. The Morgan fingerprint density at radius 2 is 2.11 bits per heavy atom. The Kier molecular flexibility index (Phi) is 3.81. The third kappa shape index (κ3) is 2.79. The van der Waals surface area contributed by atoms with Crippen LogP contribution in [0.25, 0.3) is 0 Å². The molecule has 2 aromatic rings. The fourth-order valence-electron chi connectivity index (χ4n) is 1.80. The number of halogens is 1. The van der Waals surface area contributed by atoms with E-state index < -0.39 is 0 Å². The van der Waals surface area contributed by atoms with Gasteiger partial charge in [-0.15, -0.1) is 0 Å². The van der Waals surface area contributed by atoms with E-state index in [0.717, 1.165) is 11.3 Å². The van der Waals surface area contributed by atoms with Gasteiger partial charge >= 0.3 is 0 Å². The van der Waals surface area contributed by atoms with Crippen molar-refractivity contribution in [2.75, 3.05) is 11.9 Å². The second kappa shape index (κ2) is 5.52. The Hall–Kier alpha value is -2.05. The molecule has 90 valence electrons. The predicted molar refractivity (Wildman–Crippen MR) is 72.5 cm³/mol. The molecule has 1 aromatic carbocycles. The van der Waals surface area contributed by atoms with Crippen LogP contribution in [0.5, 0.6) is 0 Å². The molecule has 0 radical (unpaired) electrons. The van der Waals surface area contributed by atoms with Gasteiger partial charge in [0.25, 0.3) is 0 Å². The molecule has 4 heteroatoms. The molecule has 1 heterocycles. The van der Waals surface area contributed by atoms with E-state index in [1.54, 1.807) is 6.20 Å². The van der Waals surface area contributed by atoms with Gasteiger partial charge in [0.05, 0.1) is 11.3 Å². The molecule has 0 atom stereocenters. The lowest BCUT2D eigenvalue weighted by Crippen LogP contribution is -2.17. The maximum Gasteiger partial charge on any atom is 0.129 e. The second-order valence-electron chi connectivity index (χ2n) is 3.97. The Morgan fingerprint density at radius 1 is 1.33 bits per heavy atom. The van der Waals surface area contributed by atoms with E-state index in [1.165, 1.54) is 0 Å². The van der Waals surface area contributed by atoms with Crippen LogP contribution in [0.4, 0.5) is 5.69 Å². The predicted octanol–water partition coefficient (Wildman–Crippen LogP) is 3.24. The lowest BCUT2D eigenvalue weighted by atomic mass is 10.1. The minimum Gasteiger partial charge on any atom is -0.369 e. The first-order valence-corrected chi connectivity index (χ1v) is 5.89. The van der Waals surface area contributed by atoms with Crippen molar-refractivity contribution in [1.29, 1.82) is 5.26 Å². The number of hydrogen-bond acceptors (Lipinski definition) is 3. The summed E-state index contributed by atoms with van der Waals surface area (Å²) in [4.78, 5) is 5.97. The van der Waals surface area contributed by atoms with Crippen LogP contribution >= 0.6 is 11.6 Å². The fourth-order valence-corrected chi connectivity index (χ4v) is 2.00. The summed E-state index contributed by atoms with van der Waals surface area (Å²) in [6.07, 6.45) is 1.68. The van der Waals surface area contributed by atoms with Crippen molar-refractivity contribution >= 4 is 17.3 Å². The number of nitriles is 1. The van der Waals surface area contributed by atoms with Crippen LogP contribution in [-0.2, 0) is 6.54 Å². The van der Waals surface area contributed by atoms with Crippen molar-refractivity contribution in [2.24, 2.45) is 0 Å². The Bertz CT molecular complexity index is 590. The highest BCUT2D eigenvalue weighted by atomic mass is 35.5. The van der Waals surface area contributed by atoms with Crippen molar-refractivity contribution in [2.45, 2.75) is 6.54 Å². The Morgan fingerprint density at radius 3 is 2.83 bits per heavy atom. The molecule has 0 fully saturated rings. The maximum atomic E-state index is 9.07. The van der Waals surface area contributed by atoms with E-state index in [9.17, 15) is 0 Å². The first kappa shape index (κ1) is 12.4. The third-order valence-electron chi connectivity index (χ3n) is 2.65. The molecule has 18 heavy (non-hydrogen) atoms. The SMILES string of the molecule is CN(Cc1ccnc(Cl)c1)c1ccccc1C#N. The zero-order valence-electron chi connectivity index (χ0n) is 9.97. The molecule has 2 rings (SSSR count). The normalized spacial score (nSPS) is 9.83. The van der Waals surface area contributed by atoms with Gasteiger partial charge in [0, 0.05) is 19.8 Å². The summed E-state index contributed by atoms with van der Waals surface area (Å²) in [7, 11) is 1.95. The summed E-state index contributed by atoms with van der Waals surface area (Å²) in [5, 5.41) is 9.55. The topological polar surface area (TPSA) is 39.9 Å². The van der Waals surface area contributed by atoms with Crippen molar-refractivity contribution in [3.05, 3.63) is 58.9 Å². The van der Waals surface area contributed by atoms with Crippen LogP contribution in [-0.4, -0.2) is 12.0 Å². The van der Waals surface area contributed by atoms with Crippen molar-refractivity contribution in [3.8, 4) is 6.07 Å². The molecule has 0 amide bonds. The number of anilines is 1. The zero-order valence-corrected chi connectivity index (χ0v) is 10.7. The highest BCUT2D eigenvalue weighted by Gasteiger charge is 2.07. The molecule has 0 saturated carbocycles. The number of para-hydroxylation sites is 1. The van der Waals surface area contributed by atoms with E-state index in [0.29, 0.717) is 17.3 Å². The summed E-state index contributed by atoms with van der Waals surface area (Å²) in [6.45, 7) is 0.681. The van der Waals surface area contributed by atoms with Crippen LogP contribution in [0.2, 0.25) is 5.15 Å². The Balaban J connectivity index is 2.22.